The molecule has 5 nitrogen and oxygen atoms in total. The van der Waals surface area contributed by atoms with E-state index in [1.54, 1.807) is 6.07 Å². The third kappa shape index (κ3) is 3.14. The van der Waals surface area contributed by atoms with Gasteiger partial charge in [0.05, 0.1) is 21.3 Å². The van der Waals surface area contributed by atoms with E-state index in [0.29, 0.717) is 35.9 Å². The number of ether oxygens (including phenoxy) is 4. The highest BCUT2D eigenvalue weighted by molar-refractivity contribution is 5.87. The number of carbonyl (C=O) groups excluding carboxylic acids is 1. The van der Waals surface area contributed by atoms with Gasteiger partial charge in [0.15, 0.2) is 17.8 Å². The molecule has 22 heavy (non-hydrogen) atoms. The molecule has 0 aliphatic heterocycles. The smallest absolute Gasteiger partial charge is 0.204 e. The first kappa shape index (κ1) is 15.7. The molecule has 0 aromatic heterocycles. The van der Waals surface area contributed by atoms with Crippen molar-refractivity contribution < 1.29 is 23.7 Å². The Labute approximate surface area is 129 Å². The normalized spacial score (nSPS) is 9.95. The summed E-state index contributed by atoms with van der Waals surface area (Å²) in [6.45, 7) is 0.300. The average Bonchev–Trinajstić information content (AvgIpc) is 2.59. The number of hydrogen-bond donors (Lipinski definition) is 0. The first-order chi connectivity index (χ1) is 10.7. The fraction of sp³-hybridized carbons (Fsp3) is 0.235. The van der Waals surface area contributed by atoms with Crippen LogP contribution in [0.5, 0.6) is 23.0 Å². The van der Waals surface area contributed by atoms with Crippen LogP contribution in [-0.4, -0.2) is 27.6 Å². The lowest BCUT2D eigenvalue weighted by Crippen LogP contribution is -2.04. The summed E-state index contributed by atoms with van der Waals surface area (Å²) in [6, 6.07) is 11.2. The minimum absolute atomic E-state index is 0.288. The second-order valence-corrected chi connectivity index (χ2v) is 4.45. The van der Waals surface area contributed by atoms with Crippen LogP contribution in [0.1, 0.15) is 15.9 Å². The van der Waals surface area contributed by atoms with Crippen molar-refractivity contribution in [1.82, 2.24) is 0 Å². The standard InChI is InChI=1S/C17H18O5/c1-19-14-9-15(20-2)17(21-3)16(13(14)10-18)22-11-12-7-5-4-6-8-12/h4-10H,11H2,1-3H3. The van der Waals surface area contributed by atoms with Gasteiger partial charge < -0.3 is 18.9 Å². The molecule has 0 radical (unpaired) electrons. The van der Waals surface area contributed by atoms with Crippen LogP contribution in [0.4, 0.5) is 0 Å². The topological polar surface area (TPSA) is 54.0 Å². The summed E-state index contributed by atoms with van der Waals surface area (Å²) in [6.07, 6.45) is 0.682. The largest absolute Gasteiger partial charge is 0.496 e. The molecule has 0 aliphatic carbocycles. The first-order valence-corrected chi connectivity index (χ1v) is 6.70. The van der Waals surface area contributed by atoms with Crippen molar-refractivity contribution >= 4 is 6.29 Å². The third-order valence-corrected chi connectivity index (χ3v) is 3.19. The van der Waals surface area contributed by atoms with Gasteiger partial charge in [-0.1, -0.05) is 30.3 Å². The predicted octanol–water partition coefficient (Wildman–Crippen LogP) is 3.10. The maximum absolute atomic E-state index is 11.4. The number of benzene rings is 2. The lowest BCUT2D eigenvalue weighted by atomic mass is 10.1. The molecule has 2 rings (SSSR count). The van der Waals surface area contributed by atoms with Gasteiger partial charge in [0, 0.05) is 6.07 Å². The Bertz CT molecular complexity index is 637. The lowest BCUT2D eigenvalue weighted by Gasteiger charge is -2.18. The molecule has 0 bridgehead atoms. The average molecular weight is 302 g/mol. The van der Waals surface area contributed by atoms with E-state index in [4.69, 9.17) is 18.9 Å². The van der Waals surface area contributed by atoms with Crippen LogP contribution in [0.2, 0.25) is 0 Å². The van der Waals surface area contributed by atoms with Crippen LogP contribution in [0, 0.1) is 0 Å². The van der Waals surface area contributed by atoms with Crippen molar-refractivity contribution in [3.05, 3.63) is 47.5 Å². The zero-order valence-corrected chi connectivity index (χ0v) is 12.8. The summed E-state index contributed by atoms with van der Waals surface area (Å²) >= 11 is 0. The van der Waals surface area contributed by atoms with Crippen LogP contribution in [0.3, 0.4) is 0 Å². The monoisotopic (exact) mass is 302 g/mol. The van der Waals surface area contributed by atoms with Crippen LogP contribution in [0.15, 0.2) is 36.4 Å². The summed E-state index contributed by atoms with van der Waals surface area (Å²) in [5.74, 6) is 1.47. The van der Waals surface area contributed by atoms with Crippen molar-refractivity contribution in [2.75, 3.05) is 21.3 Å². The van der Waals surface area contributed by atoms with Gasteiger partial charge in [-0.25, -0.2) is 0 Å². The van der Waals surface area contributed by atoms with E-state index >= 15 is 0 Å². The van der Waals surface area contributed by atoms with Crippen LogP contribution >= 0.6 is 0 Å². The lowest BCUT2D eigenvalue weighted by molar-refractivity contribution is 0.111. The number of rotatable bonds is 7. The minimum atomic E-state index is 0.288. The third-order valence-electron chi connectivity index (χ3n) is 3.19. The fourth-order valence-corrected chi connectivity index (χ4v) is 2.11. The Morgan fingerprint density at radius 1 is 0.909 bits per heavy atom. The maximum Gasteiger partial charge on any atom is 0.204 e. The van der Waals surface area contributed by atoms with Gasteiger partial charge in [-0.05, 0) is 5.56 Å². The molecular weight excluding hydrogens is 284 g/mol. The van der Waals surface area contributed by atoms with E-state index in [9.17, 15) is 4.79 Å². The number of hydrogen-bond acceptors (Lipinski definition) is 5. The molecule has 0 atom stereocenters. The van der Waals surface area contributed by atoms with E-state index in [2.05, 4.69) is 0 Å². The Kier molecular flexibility index (Phi) is 5.25. The van der Waals surface area contributed by atoms with Crippen LogP contribution in [0.25, 0.3) is 0 Å². The van der Waals surface area contributed by atoms with Gasteiger partial charge in [0.1, 0.15) is 17.9 Å². The van der Waals surface area contributed by atoms with Gasteiger partial charge in [-0.15, -0.1) is 0 Å². The Morgan fingerprint density at radius 3 is 2.14 bits per heavy atom. The summed E-state index contributed by atoms with van der Waals surface area (Å²) in [5, 5.41) is 0. The first-order valence-electron chi connectivity index (χ1n) is 6.70. The number of methoxy groups -OCH3 is 3. The summed E-state index contributed by atoms with van der Waals surface area (Å²) in [4.78, 5) is 11.4. The van der Waals surface area contributed by atoms with E-state index in [1.807, 2.05) is 30.3 Å². The molecule has 0 fully saturated rings. The zero-order chi connectivity index (χ0) is 15.9. The molecule has 0 N–H and O–H groups in total. The van der Waals surface area contributed by atoms with Crippen LogP contribution < -0.4 is 18.9 Å². The molecule has 116 valence electrons. The van der Waals surface area contributed by atoms with E-state index < -0.39 is 0 Å². The highest BCUT2D eigenvalue weighted by Crippen LogP contribution is 2.44. The molecule has 2 aromatic carbocycles. The van der Waals surface area contributed by atoms with Crippen molar-refractivity contribution in [3.8, 4) is 23.0 Å². The van der Waals surface area contributed by atoms with Crippen molar-refractivity contribution in [1.29, 1.82) is 0 Å². The van der Waals surface area contributed by atoms with E-state index in [0.717, 1.165) is 5.56 Å². The molecule has 0 saturated carbocycles. The highest BCUT2D eigenvalue weighted by atomic mass is 16.5. The molecule has 0 amide bonds. The van der Waals surface area contributed by atoms with E-state index in [1.165, 1.54) is 21.3 Å². The SMILES string of the molecule is COc1cc(OC)c(OC)c(OCc2ccccc2)c1C=O. The number of carbonyl (C=O) groups is 1. The molecule has 0 aliphatic rings. The summed E-state index contributed by atoms with van der Waals surface area (Å²) in [7, 11) is 4.49. The van der Waals surface area contributed by atoms with Gasteiger partial charge >= 0.3 is 0 Å². The van der Waals surface area contributed by atoms with Crippen LogP contribution in [-0.2, 0) is 6.61 Å². The molecule has 5 heteroatoms. The molecule has 0 spiro atoms. The van der Waals surface area contributed by atoms with Gasteiger partial charge in [-0.2, -0.15) is 0 Å². The highest BCUT2D eigenvalue weighted by Gasteiger charge is 2.21. The molecule has 0 heterocycles. The zero-order valence-electron chi connectivity index (χ0n) is 12.8. The van der Waals surface area contributed by atoms with Gasteiger partial charge in [0.2, 0.25) is 5.75 Å². The summed E-state index contributed by atoms with van der Waals surface area (Å²) < 4.78 is 21.6. The molecule has 0 saturated heterocycles. The van der Waals surface area contributed by atoms with Gasteiger partial charge in [0.25, 0.3) is 0 Å². The van der Waals surface area contributed by atoms with E-state index in [-0.39, 0.29) is 5.56 Å². The fourth-order valence-electron chi connectivity index (χ4n) is 2.11. The quantitative estimate of drug-likeness (QED) is 0.736. The van der Waals surface area contributed by atoms with Gasteiger partial charge in [-0.3, -0.25) is 4.79 Å². The second kappa shape index (κ2) is 7.36. The van der Waals surface area contributed by atoms with Crippen molar-refractivity contribution in [2.24, 2.45) is 0 Å². The molecular formula is C17H18O5. The Balaban J connectivity index is 2.44. The number of aldehydes is 1. The Hall–Kier alpha value is -2.69. The van der Waals surface area contributed by atoms with Crippen molar-refractivity contribution in [2.45, 2.75) is 6.61 Å². The summed E-state index contributed by atoms with van der Waals surface area (Å²) in [5.41, 5.74) is 1.26. The van der Waals surface area contributed by atoms with Crippen molar-refractivity contribution in [3.63, 3.8) is 0 Å². The molecule has 0 unspecified atom stereocenters. The second-order valence-electron chi connectivity index (χ2n) is 4.45. The molecule has 2 aromatic rings. The predicted molar refractivity (Wildman–Crippen MR) is 82.3 cm³/mol. The maximum atomic E-state index is 11.4. The minimum Gasteiger partial charge on any atom is -0.496 e. The Morgan fingerprint density at radius 2 is 1.59 bits per heavy atom.